The van der Waals surface area contributed by atoms with Crippen molar-refractivity contribution in [3.8, 4) is 0 Å². The van der Waals surface area contributed by atoms with E-state index < -0.39 is 52.0 Å². The van der Waals surface area contributed by atoms with Crippen LogP contribution in [0.1, 0.15) is 13.8 Å². The van der Waals surface area contributed by atoms with E-state index in [1.54, 1.807) is 12.1 Å². The van der Waals surface area contributed by atoms with Crippen molar-refractivity contribution < 1.29 is 37.1 Å². The smallest absolute Gasteiger partial charge is 0.331 e. The normalized spacial score (nSPS) is 12.3. The number of carboxylic acids is 1. The quantitative estimate of drug-likeness (QED) is 0.250. The summed E-state index contributed by atoms with van der Waals surface area (Å²) in [5.74, 6) is -9.46. The van der Waals surface area contributed by atoms with Crippen molar-refractivity contribution in [1.82, 2.24) is 0 Å². The van der Waals surface area contributed by atoms with E-state index in [1.807, 2.05) is 5.32 Å². The van der Waals surface area contributed by atoms with E-state index in [4.69, 9.17) is 5.11 Å². The number of thioether (sulfide) groups is 1. The maximum atomic E-state index is 13.7. The molecule has 31 heavy (non-hydrogen) atoms. The zero-order chi connectivity index (χ0) is 23.3. The van der Waals surface area contributed by atoms with Gasteiger partial charge in [0.15, 0.2) is 23.3 Å². The van der Waals surface area contributed by atoms with Crippen molar-refractivity contribution in [3.05, 3.63) is 65.2 Å². The number of carbonyl (C=O) groups excluding carboxylic acids is 2. The molecule has 0 spiro atoms. The number of halogens is 4. The Hall–Kier alpha value is -3.34. The Balaban J connectivity index is 2.02. The molecule has 0 saturated carbocycles. The van der Waals surface area contributed by atoms with Gasteiger partial charge >= 0.3 is 5.97 Å². The Bertz CT molecular complexity index is 1030. The summed E-state index contributed by atoms with van der Waals surface area (Å²) in [6.07, 6.45) is 0.922. The highest BCUT2D eigenvalue weighted by Crippen LogP contribution is 2.28. The second-order valence-corrected chi connectivity index (χ2v) is 7.65. The molecule has 0 radical (unpaired) electrons. The summed E-state index contributed by atoms with van der Waals surface area (Å²) in [4.78, 5) is 35.2. The summed E-state index contributed by atoms with van der Waals surface area (Å²) in [6.45, 7) is 2.69. The van der Waals surface area contributed by atoms with Crippen LogP contribution in [0.3, 0.4) is 0 Å². The number of carboxylic acid groups (broad SMARTS) is 1. The van der Waals surface area contributed by atoms with Crippen molar-refractivity contribution in [2.24, 2.45) is 0 Å². The maximum absolute atomic E-state index is 13.7. The van der Waals surface area contributed by atoms with Crippen LogP contribution in [-0.2, 0) is 14.4 Å². The highest BCUT2D eigenvalue weighted by Gasteiger charge is 2.23. The number of hydrogen-bond acceptors (Lipinski definition) is 4. The SMILES string of the molecule is C/C(=C/C(=O)Nc1ccc(S[C@@H](C)C(=O)Nc2c(F)c(F)cc(F)c2F)cc1)C(=O)O. The maximum Gasteiger partial charge on any atom is 0.331 e. The molecular weight excluding hydrogens is 440 g/mol. The third-order valence-electron chi connectivity index (χ3n) is 3.85. The summed E-state index contributed by atoms with van der Waals surface area (Å²) in [5.41, 5.74) is -0.992. The van der Waals surface area contributed by atoms with E-state index in [9.17, 15) is 31.9 Å². The minimum atomic E-state index is -1.71. The van der Waals surface area contributed by atoms with Gasteiger partial charge in [0.25, 0.3) is 0 Å². The van der Waals surface area contributed by atoms with Crippen LogP contribution in [0.2, 0.25) is 0 Å². The topological polar surface area (TPSA) is 95.5 Å². The van der Waals surface area contributed by atoms with Gasteiger partial charge in [0.2, 0.25) is 11.8 Å². The molecule has 0 aliphatic rings. The van der Waals surface area contributed by atoms with Gasteiger partial charge in [0.05, 0.1) is 5.25 Å². The number of nitrogens with one attached hydrogen (secondary N) is 2. The summed E-state index contributed by atoms with van der Waals surface area (Å²) in [7, 11) is 0. The molecule has 0 aliphatic heterocycles. The molecule has 2 rings (SSSR count). The third kappa shape index (κ3) is 6.32. The minimum absolute atomic E-state index is 0.0393. The number of anilines is 2. The van der Waals surface area contributed by atoms with Gasteiger partial charge in [-0.15, -0.1) is 11.8 Å². The number of carbonyl (C=O) groups is 3. The molecule has 11 heteroatoms. The predicted octanol–water partition coefficient (Wildman–Crippen LogP) is 4.33. The molecule has 2 aromatic rings. The van der Waals surface area contributed by atoms with E-state index >= 15 is 0 Å². The van der Waals surface area contributed by atoms with Crippen LogP contribution < -0.4 is 10.6 Å². The van der Waals surface area contributed by atoms with Crippen molar-refractivity contribution in [1.29, 1.82) is 0 Å². The first-order chi connectivity index (χ1) is 14.5. The Kier molecular flexibility index (Phi) is 7.81. The lowest BCUT2D eigenvalue weighted by molar-refractivity contribution is -0.132. The van der Waals surface area contributed by atoms with Crippen LogP contribution in [0.5, 0.6) is 0 Å². The molecule has 1 atom stereocenters. The summed E-state index contributed by atoms with van der Waals surface area (Å²) >= 11 is 0.986. The fourth-order valence-electron chi connectivity index (χ4n) is 2.22. The molecule has 164 valence electrons. The molecule has 0 aromatic heterocycles. The van der Waals surface area contributed by atoms with Gasteiger partial charge in [-0.25, -0.2) is 22.4 Å². The Labute approximate surface area is 178 Å². The van der Waals surface area contributed by atoms with Crippen molar-refractivity contribution in [2.45, 2.75) is 24.0 Å². The molecule has 3 N–H and O–H groups in total. The lowest BCUT2D eigenvalue weighted by Crippen LogP contribution is -2.24. The van der Waals surface area contributed by atoms with Crippen LogP contribution >= 0.6 is 11.8 Å². The summed E-state index contributed by atoms with van der Waals surface area (Å²) in [5, 5.41) is 12.2. The standard InChI is InChI=1S/C20H16F4N2O4S/c1-9(20(29)30)7-15(27)25-11-3-5-12(6-4-11)31-10(2)19(28)26-18-16(23)13(21)8-14(22)17(18)24/h3-8,10H,1-2H3,(H,25,27)(H,26,28)(H,29,30)/b9-7-/t10-/m0/s1. The lowest BCUT2D eigenvalue weighted by Gasteiger charge is -2.14. The Morgan fingerprint density at radius 1 is 1.00 bits per heavy atom. The Morgan fingerprint density at radius 2 is 1.55 bits per heavy atom. The van der Waals surface area contributed by atoms with E-state index in [0.717, 1.165) is 17.8 Å². The van der Waals surface area contributed by atoms with Crippen molar-refractivity contribution in [3.63, 3.8) is 0 Å². The molecule has 0 aliphatic carbocycles. The molecule has 0 bridgehead atoms. The third-order valence-corrected chi connectivity index (χ3v) is 4.96. The van der Waals surface area contributed by atoms with Gasteiger partial charge in [0, 0.05) is 28.3 Å². The zero-order valence-corrected chi connectivity index (χ0v) is 17.0. The fourth-order valence-corrected chi connectivity index (χ4v) is 3.09. The van der Waals surface area contributed by atoms with Gasteiger partial charge in [-0.05, 0) is 38.1 Å². The van der Waals surface area contributed by atoms with Crippen molar-refractivity contribution >= 4 is 40.9 Å². The average molecular weight is 456 g/mol. The van der Waals surface area contributed by atoms with E-state index in [-0.39, 0.29) is 11.6 Å². The van der Waals surface area contributed by atoms with E-state index in [2.05, 4.69) is 5.32 Å². The fraction of sp³-hybridized carbons (Fsp3) is 0.150. The van der Waals surface area contributed by atoms with Gasteiger partial charge in [-0.2, -0.15) is 0 Å². The molecule has 2 aromatic carbocycles. The highest BCUT2D eigenvalue weighted by molar-refractivity contribution is 8.00. The first kappa shape index (κ1) is 23.9. The number of benzene rings is 2. The predicted molar refractivity (Wildman–Crippen MR) is 107 cm³/mol. The largest absolute Gasteiger partial charge is 0.478 e. The molecule has 2 amide bonds. The van der Waals surface area contributed by atoms with Crippen LogP contribution in [0, 0.1) is 23.3 Å². The zero-order valence-electron chi connectivity index (χ0n) is 16.1. The van der Waals surface area contributed by atoms with Gasteiger partial charge in [0.1, 0.15) is 5.69 Å². The number of aliphatic carboxylic acids is 1. The monoisotopic (exact) mass is 456 g/mol. The van der Waals surface area contributed by atoms with Crippen LogP contribution in [0.15, 0.2) is 46.9 Å². The highest BCUT2D eigenvalue weighted by atomic mass is 32.2. The van der Waals surface area contributed by atoms with Gasteiger partial charge in [-0.3, -0.25) is 9.59 Å². The Morgan fingerprint density at radius 3 is 2.06 bits per heavy atom. The first-order valence-electron chi connectivity index (χ1n) is 8.62. The summed E-state index contributed by atoms with van der Waals surface area (Å²) < 4.78 is 53.9. The molecular formula is C20H16F4N2O4S. The molecule has 0 saturated heterocycles. The first-order valence-corrected chi connectivity index (χ1v) is 9.50. The molecule has 6 nitrogen and oxygen atoms in total. The average Bonchev–Trinajstić information content (AvgIpc) is 2.70. The van der Waals surface area contributed by atoms with E-state index in [0.29, 0.717) is 10.6 Å². The van der Waals surface area contributed by atoms with Gasteiger partial charge < -0.3 is 15.7 Å². The van der Waals surface area contributed by atoms with Crippen LogP contribution in [0.4, 0.5) is 28.9 Å². The van der Waals surface area contributed by atoms with Crippen molar-refractivity contribution in [2.75, 3.05) is 10.6 Å². The number of hydrogen-bond donors (Lipinski definition) is 3. The van der Waals surface area contributed by atoms with E-state index in [1.165, 1.54) is 26.0 Å². The minimum Gasteiger partial charge on any atom is -0.478 e. The number of amides is 2. The molecule has 0 unspecified atom stereocenters. The number of rotatable bonds is 7. The van der Waals surface area contributed by atoms with Crippen LogP contribution in [-0.4, -0.2) is 28.1 Å². The van der Waals surface area contributed by atoms with Crippen LogP contribution in [0.25, 0.3) is 0 Å². The second-order valence-electron chi connectivity index (χ2n) is 6.24. The second kappa shape index (κ2) is 10.1. The molecule has 0 fully saturated rings. The summed E-state index contributed by atoms with van der Waals surface area (Å²) in [6, 6.07) is 6.12. The lowest BCUT2D eigenvalue weighted by atomic mass is 10.2. The molecule has 0 heterocycles. The van der Waals surface area contributed by atoms with Gasteiger partial charge in [-0.1, -0.05) is 0 Å².